The molecule has 0 aliphatic carbocycles. The summed E-state index contributed by atoms with van der Waals surface area (Å²) in [4.78, 5) is 19.9. The smallest absolute Gasteiger partial charge is 0.257 e. The predicted octanol–water partition coefficient (Wildman–Crippen LogP) is 2.87. The maximum atomic E-state index is 5.80. The number of pyridine rings is 2. The minimum Gasteiger partial charge on any atom is -0.484 e. The molecule has 33 heavy (non-hydrogen) atoms. The zero-order valence-corrected chi connectivity index (χ0v) is 19.5. The van der Waals surface area contributed by atoms with Crippen molar-refractivity contribution in [1.29, 1.82) is 0 Å². The van der Waals surface area contributed by atoms with Crippen molar-refractivity contribution in [2.75, 3.05) is 56.3 Å². The second kappa shape index (κ2) is 10.7. The molecule has 10 heteroatoms. The van der Waals surface area contributed by atoms with Gasteiger partial charge in [0.1, 0.15) is 31.2 Å². The SMILES string of the molecule is C[C@H](CNc1cc(-c2ccc(N3CCOCC3)nc2)ncn1)c1ccnc2c1OCCO2.S. The molecule has 0 radical (unpaired) electrons. The maximum Gasteiger partial charge on any atom is 0.257 e. The van der Waals surface area contributed by atoms with Crippen LogP contribution >= 0.6 is 13.5 Å². The molecule has 0 spiro atoms. The van der Waals surface area contributed by atoms with Gasteiger partial charge in [-0.15, -0.1) is 0 Å². The van der Waals surface area contributed by atoms with Gasteiger partial charge in [0.15, 0.2) is 5.75 Å². The lowest BCUT2D eigenvalue weighted by Gasteiger charge is -2.27. The molecule has 1 atom stereocenters. The number of ether oxygens (including phenoxy) is 3. The van der Waals surface area contributed by atoms with Crippen molar-refractivity contribution in [2.24, 2.45) is 0 Å². The lowest BCUT2D eigenvalue weighted by molar-refractivity contribution is 0.122. The monoisotopic (exact) mass is 468 g/mol. The minimum atomic E-state index is 0. The molecule has 3 aromatic rings. The number of hydrogen-bond donors (Lipinski definition) is 1. The van der Waals surface area contributed by atoms with E-state index in [1.165, 1.54) is 0 Å². The van der Waals surface area contributed by atoms with Gasteiger partial charge in [-0.2, -0.15) is 13.5 Å². The Hall–Kier alpha value is -3.11. The summed E-state index contributed by atoms with van der Waals surface area (Å²) in [6.07, 6.45) is 5.19. The fourth-order valence-electron chi connectivity index (χ4n) is 3.86. The first-order valence-electron chi connectivity index (χ1n) is 10.9. The fourth-order valence-corrected chi connectivity index (χ4v) is 3.86. The van der Waals surface area contributed by atoms with Crippen LogP contribution in [0.3, 0.4) is 0 Å². The van der Waals surface area contributed by atoms with Crippen LogP contribution in [0.1, 0.15) is 18.4 Å². The molecule has 0 bridgehead atoms. The molecule has 2 aliphatic rings. The Morgan fingerprint density at radius 2 is 1.85 bits per heavy atom. The van der Waals surface area contributed by atoms with Gasteiger partial charge in [-0.25, -0.2) is 19.9 Å². The van der Waals surface area contributed by atoms with Crippen LogP contribution in [0.2, 0.25) is 0 Å². The minimum absolute atomic E-state index is 0. The van der Waals surface area contributed by atoms with Gasteiger partial charge in [-0.05, 0) is 18.2 Å². The molecule has 0 saturated carbocycles. The Morgan fingerprint density at radius 1 is 1.00 bits per heavy atom. The Kier molecular flexibility index (Phi) is 7.46. The molecule has 1 N–H and O–H groups in total. The fraction of sp³-hybridized carbons (Fsp3) is 0.391. The molecule has 5 heterocycles. The van der Waals surface area contributed by atoms with Crippen LogP contribution in [0, 0.1) is 0 Å². The number of fused-ring (bicyclic) bond motifs is 1. The lowest BCUT2D eigenvalue weighted by atomic mass is 10.0. The van der Waals surface area contributed by atoms with E-state index in [1.54, 1.807) is 12.5 Å². The van der Waals surface area contributed by atoms with E-state index >= 15 is 0 Å². The quantitative estimate of drug-likeness (QED) is 0.586. The number of morpholine rings is 1. The number of nitrogens with zero attached hydrogens (tertiary/aromatic N) is 5. The first-order valence-corrected chi connectivity index (χ1v) is 10.9. The molecule has 2 aliphatic heterocycles. The Morgan fingerprint density at radius 3 is 2.67 bits per heavy atom. The molecule has 174 valence electrons. The highest BCUT2D eigenvalue weighted by atomic mass is 32.1. The molecule has 5 rings (SSSR count). The average molecular weight is 469 g/mol. The normalized spacial score (nSPS) is 16.0. The van der Waals surface area contributed by atoms with Crippen molar-refractivity contribution in [3.05, 3.63) is 48.5 Å². The molecular weight excluding hydrogens is 440 g/mol. The number of anilines is 2. The second-order valence-corrected chi connectivity index (χ2v) is 7.81. The average Bonchev–Trinajstić information content (AvgIpc) is 2.88. The van der Waals surface area contributed by atoms with Gasteiger partial charge in [0.05, 0.1) is 18.9 Å². The van der Waals surface area contributed by atoms with Crippen molar-refractivity contribution in [3.8, 4) is 22.9 Å². The van der Waals surface area contributed by atoms with Crippen molar-refractivity contribution >= 4 is 25.1 Å². The van der Waals surface area contributed by atoms with E-state index in [0.717, 1.165) is 60.5 Å². The third-order valence-corrected chi connectivity index (χ3v) is 5.64. The van der Waals surface area contributed by atoms with Crippen LogP contribution in [-0.4, -0.2) is 66.0 Å². The lowest BCUT2D eigenvalue weighted by Crippen LogP contribution is -2.36. The van der Waals surface area contributed by atoms with Crippen LogP contribution in [0.4, 0.5) is 11.6 Å². The summed E-state index contributed by atoms with van der Waals surface area (Å²) in [6, 6.07) is 8.01. The standard InChI is InChI=1S/C23H26N6O3.H2S/c1-16(18-4-5-24-23-22(18)31-10-11-32-23)13-25-20-12-19(27-15-28-20)17-2-3-21(26-14-17)29-6-8-30-9-7-29;/h2-5,12,14-16H,6-11,13H2,1H3,(H,25,27,28);1H2/t16-;/m1./s1. The number of nitrogens with one attached hydrogen (secondary N) is 1. The van der Waals surface area contributed by atoms with Crippen LogP contribution in [-0.2, 0) is 4.74 Å². The van der Waals surface area contributed by atoms with Gasteiger partial charge in [-0.1, -0.05) is 6.92 Å². The highest BCUT2D eigenvalue weighted by molar-refractivity contribution is 7.59. The maximum absolute atomic E-state index is 5.80. The zero-order valence-electron chi connectivity index (χ0n) is 18.5. The van der Waals surface area contributed by atoms with E-state index in [-0.39, 0.29) is 19.4 Å². The largest absolute Gasteiger partial charge is 0.484 e. The van der Waals surface area contributed by atoms with Crippen molar-refractivity contribution in [2.45, 2.75) is 12.8 Å². The number of hydrogen-bond acceptors (Lipinski definition) is 9. The van der Waals surface area contributed by atoms with Gasteiger partial charge < -0.3 is 24.4 Å². The highest BCUT2D eigenvalue weighted by Crippen LogP contribution is 2.35. The van der Waals surface area contributed by atoms with Gasteiger partial charge in [0, 0.05) is 55.1 Å². The Balaban J connectivity index is 0.00000259. The Bertz CT molecular complexity index is 1060. The summed E-state index contributed by atoms with van der Waals surface area (Å²) >= 11 is 0. The topological polar surface area (TPSA) is 94.5 Å². The van der Waals surface area contributed by atoms with Gasteiger partial charge in [0.25, 0.3) is 5.88 Å². The van der Waals surface area contributed by atoms with E-state index in [1.807, 2.05) is 30.5 Å². The predicted molar refractivity (Wildman–Crippen MR) is 131 cm³/mol. The second-order valence-electron chi connectivity index (χ2n) is 7.81. The molecule has 1 fully saturated rings. The molecule has 0 unspecified atom stereocenters. The van der Waals surface area contributed by atoms with E-state index in [0.29, 0.717) is 25.6 Å². The number of aromatic nitrogens is 4. The Labute approximate surface area is 200 Å². The summed E-state index contributed by atoms with van der Waals surface area (Å²) in [5.74, 6) is 3.21. The van der Waals surface area contributed by atoms with E-state index in [4.69, 9.17) is 14.2 Å². The van der Waals surface area contributed by atoms with Crippen LogP contribution in [0.15, 0.2) is 43.0 Å². The first-order chi connectivity index (χ1) is 15.8. The summed E-state index contributed by atoms with van der Waals surface area (Å²) in [6.45, 7) is 7.10. The molecule has 1 saturated heterocycles. The van der Waals surface area contributed by atoms with Crippen molar-refractivity contribution < 1.29 is 14.2 Å². The molecule has 3 aromatic heterocycles. The van der Waals surface area contributed by atoms with E-state index in [2.05, 4.69) is 37.1 Å². The van der Waals surface area contributed by atoms with Crippen LogP contribution in [0.5, 0.6) is 11.6 Å². The van der Waals surface area contributed by atoms with Gasteiger partial charge in [0.2, 0.25) is 0 Å². The number of rotatable bonds is 6. The van der Waals surface area contributed by atoms with Crippen LogP contribution < -0.4 is 19.7 Å². The van der Waals surface area contributed by atoms with Gasteiger partial charge >= 0.3 is 0 Å². The third kappa shape index (κ3) is 5.28. The molecular formula is C23H28N6O3S. The summed E-state index contributed by atoms with van der Waals surface area (Å²) in [5, 5.41) is 3.41. The summed E-state index contributed by atoms with van der Waals surface area (Å²) in [7, 11) is 0. The first kappa shape index (κ1) is 23.1. The van der Waals surface area contributed by atoms with Crippen LogP contribution in [0.25, 0.3) is 11.3 Å². The zero-order chi connectivity index (χ0) is 21.8. The molecule has 0 aromatic carbocycles. The van der Waals surface area contributed by atoms with E-state index < -0.39 is 0 Å². The molecule has 0 amide bonds. The third-order valence-electron chi connectivity index (χ3n) is 5.64. The highest BCUT2D eigenvalue weighted by Gasteiger charge is 2.21. The van der Waals surface area contributed by atoms with Crippen molar-refractivity contribution in [3.63, 3.8) is 0 Å². The summed E-state index contributed by atoms with van der Waals surface area (Å²) < 4.78 is 16.8. The van der Waals surface area contributed by atoms with Gasteiger partial charge in [-0.3, -0.25) is 0 Å². The molecule has 9 nitrogen and oxygen atoms in total. The van der Waals surface area contributed by atoms with E-state index in [9.17, 15) is 0 Å². The van der Waals surface area contributed by atoms with Crippen molar-refractivity contribution in [1.82, 2.24) is 19.9 Å². The summed E-state index contributed by atoms with van der Waals surface area (Å²) in [5.41, 5.74) is 2.85.